The molecule has 0 spiro atoms. The summed E-state index contributed by atoms with van der Waals surface area (Å²) in [6.45, 7) is 4.26. The van der Waals surface area contributed by atoms with E-state index in [9.17, 15) is 9.59 Å². The third kappa shape index (κ3) is 9.21. The molecule has 0 atom stereocenters. The fourth-order valence-corrected chi connectivity index (χ4v) is 2.16. The summed E-state index contributed by atoms with van der Waals surface area (Å²) in [4.78, 5) is 25.5. The minimum Gasteiger partial charge on any atom is -0.356 e. The largest absolute Gasteiger partial charge is 0.356 e. The average molecular weight is 342 g/mol. The zero-order valence-electron chi connectivity index (χ0n) is 13.8. The molecule has 0 bridgehead atoms. The van der Waals surface area contributed by atoms with Crippen molar-refractivity contribution < 1.29 is 9.59 Å². The van der Waals surface area contributed by atoms with Crippen molar-refractivity contribution in [2.45, 2.75) is 32.6 Å². The Labute approximate surface area is 145 Å². The van der Waals surface area contributed by atoms with Crippen LogP contribution in [0.2, 0.25) is 0 Å². The Kier molecular flexibility index (Phi) is 12.0. The van der Waals surface area contributed by atoms with Crippen LogP contribution in [0.25, 0.3) is 0 Å². The molecule has 130 valence electrons. The van der Waals surface area contributed by atoms with Crippen molar-refractivity contribution in [2.75, 3.05) is 26.2 Å². The Bertz CT molecular complexity index is 454. The van der Waals surface area contributed by atoms with Crippen LogP contribution < -0.4 is 11.1 Å². The maximum atomic E-state index is 12.2. The molecule has 3 N–H and O–H groups in total. The van der Waals surface area contributed by atoms with Gasteiger partial charge in [0.1, 0.15) is 0 Å². The lowest BCUT2D eigenvalue weighted by atomic mass is 10.1. The van der Waals surface area contributed by atoms with Gasteiger partial charge in [-0.25, -0.2) is 0 Å². The van der Waals surface area contributed by atoms with E-state index < -0.39 is 0 Å². The molecule has 0 radical (unpaired) electrons. The van der Waals surface area contributed by atoms with Crippen molar-refractivity contribution in [3.05, 3.63) is 35.9 Å². The molecule has 1 aromatic carbocycles. The molecule has 0 saturated carbocycles. The SMILES string of the molecule is CCCNC(=O)CCC(=O)N(CCN)CCc1ccccc1.Cl. The molecule has 5 nitrogen and oxygen atoms in total. The van der Waals surface area contributed by atoms with Crippen LogP contribution in [0.4, 0.5) is 0 Å². The van der Waals surface area contributed by atoms with Crippen molar-refractivity contribution in [1.82, 2.24) is 10.2 Å². The minimum atomic E-state index is -0.0639. The first-order chi connectivity index (χ1) is 10.7. The van der Waals surface area contributed by atoms with E-state index in [-0.39, 0.29) is 37.1 Å². The molecule has 0 fully saturated rings. The molecule has 0 aliphatic heterocycles. The normalized spacial score (nSPS) is 9.83. The lowest BCUT2D eigenvalue weighted by Gasteiger charge is -2.22. The number of hydrogen-bond acceptors (Lipinski definition) is 3. The smallest absolute Gasteiger partial charge is 0.223 e. The summed E-state index contributed by atoms with van der Waals surface area (Å²) in [6.07, 6.45) is 2.18. The molecule has 1 aromatic rings. The van der Waals surface area contributed by atoms with Gasteiger partial charge in [-0.15, -0.1) is 12.4 Å². The van der Waals surface area contributed by atoms with Gasteiger partial charge in [0.05, 0.1) is 0 Å². The predicted molar refractivity (Wildman–Crippen MR) is 95.6 cm³/mol. The molecular formula is C17H28ClN3O2. The molecule has 0 aliphatic carbocycles. The van der Waals surface area contributed by atoms with Crippen molar-refractivity contribution in [3.8, 4) is 0 Å². The van der Waals surface area contributed by atoms with Crippen LogP contribution in [0.1, 0.15) is 31.7 Å². The number of nitrogens with one attached hydrogen (secondary N) is 1. The van der Waals surface area contributed by atoms with Crippen molar-refractivity contribution in [2.24, 2.45) is 5.73 Å². The number of rotatable bonds is 10. The van der Waals surface area contributed by atoms with Gasteiger partial charge in [-0.3, -0.25) is 9.59 Å². The van der Waals surface area contributed by atoms with E-state index in [1.807, 2.05) is 37.3 Å². The number of nitrogens with two attached hydrogens (primary N) is 1. The fraction of sp³-hybridized carbons (Fsp3) is 0.529. The van der Waals surface area contributed by atoms with E-state index in [2.05, 4.69) is 5.32 Å². The van der Waals surface area contributed by atoms with Gasteiger partial charge < -0.3 is 16.0 Å². The van der Waals surface area contributed by atoms with Gasteiger partial charge in [-0.2, -0.15) is 0 Å². The lowest BCUT2D eigenvalue weighted by molar-refractivity contribution is -0.133. The Hall–Kier alpha value is -1.59. The number of hydrogen-bond donors (Lipinski definition) is 2. The second kappa shape index (κ2) is 12.9. The number of halogens is 1. The first kappa shape index (κ1) is 21.4. The number of nitrogens with zero attached hydrogens (tertiary/aromatic N) is 1. The lowest BCUT2D eigenvalue weighted by Crippen LogP contribution is -2.37. The molecule has 0 saturated heterocycles. The maximum Gasteiger partial charge on any atom is 0.223 e. The molecule has 6 heteroatoms. The highest BCUT2D eigenvalue weighted by atomic mass is 35.5. The van der Waals surface area contributed by atoms with Crippen LogP contribution in [0.5, 0.6) is 0 Å². The molecule has 0 aliphatic rings. The van der Waals surface area contributed by atoms with Gasteiger partial charge in [0, 0.05) is 39.0 Å². The zero-order chi connectivity index (χ0) is 16.2. The highest BCUT2D eigenvalue weighted by Gasteiger charge is 2.14. The first-order valence-electron chi connectivity index (χ1n) is 7.95. The number of carbonyl (C=O) groups is 2. The van der Waals surface area contributed by atoms with Crippen LogP contribution >= 0.6 is 12.4 Å². The second-order valence-corrected chi connectivity index (χ2v) is 5.26. The van der Waals surface area contributed by atoms with E-state index in [0.717, 1.165) is 12.8 Å². The monoisotopic (exact) mass is 341 g/mol. The van der Waals surface area contributed by atoms with Crippen molar-refractivity contribution in [3.63, 3.8) is 0 Å². The van der Waals surface area contributed by atoms with Crippen molar-refractivity contribution in [1.29, 1.82) is 0 Å². The second-order valence-electron chi connectivity index (χ2n) is 5.26. The summed E-state index contributed by atoms with van der Waals surface area (Å²) in [5.74, 6) is -0.0704. The van der Waals surface area contributed by atoms with E-state index >= 15 is 0 Å². The summed E-state index contributed by atoms with van der Waals surface area (Å²) in [5.41, 5.74) is 6.78. The van der Waals surface area contributed by atoms with Crippen LogP contribution in [0.15, 0.2) is 30.3 Å². The van der Waals surface area contributed by atoms with Crippen molar-refractivity contribution >= 4 is 24.2 Å². The third-order valence-electron chi connectivity index (χ3n) is 3.40. The van der Waals surface area contributed by atoms with Gasteiger partial charge in [0.15, 0.2) is 0 Å². The van der Waals surface area contributed by atoms with Crippen LogP contribution in [0, 0.1) is 0 Å². The molecule has 0 unspecified atom stereocenters. The van der Waals surface area contributed by atoms with Gasteiger partial charge in [-0.05, 0) is 18.4 Å². The van der Waals surface area contributed by atoms with Gasteiger partial charge >= 0.3 is 0 Å². The van der Waals surface area contributed by atoms with Crippen LogP contribution in [-0.4, -0.2) is 42.9 Å². The quantitative estimate of drug-likeness (QED) is 0.680. The topological polar surface area (TPSA) is 75.4 Å². The molecule has 23 heavy (non-hydrogen) atoms. The molecule has 0 aromatic heterocycles. The van der Waals surface area contributed by atoms with E-state index in [1.165, 1.54) is 5.56 Å². The summed E-state index contributed by atoms with van der Waals surface area (Å²) in [5, 5.41) is 2.78. The highest BCUT2D eigenvalue weighted by Crippen LogP contribution is 2.04. The maximum absolute atomic E-state index is 12.2. The van der Waals surface area contributed by atoms with E-state index in [0.29, 0.717) is 26.2 Å². The predicted octanol–water partition coefficient (Wildman–Crippen LogP) is 1.74. The van der Waals surface area contributed by atoms with E-state index in [4.69, 9.17) is 5.73 Å². The fourth-order valence-electron chi connectivity index (χ4n) is 2.16. The number of amides is 2. The zero-order valence-corrected chi connectivity index (χ0v) is 14.6. The summed E-state index contributed by atoms with van der Waals surface area (Å²) >= 11 is 0. The standard InChI is InChI=1S/C17H27N3O2.ClH/c1-2-12-19-16(21)8-9-17(22)20(14-11-18)13-10-15-6-4-3-5-7-15;/h3-7H,2,8-14,18H2,1H3,(H,19,21);1H. The summed E-state index contributed by atoms with van der Waals surface area (Å²) in [6, 6.07) is 10.0. The average Bonchev–Trinajstić information content (AvgIpc) is 2.55. The summed E-state index contributed by atoms with van der Waals surface area (Å²) < 4.78 is 0. The third-order valence-corrected chi connectivity index (χ3v) is 3.40. The van der Waals surface area contributed by atoms with Gasteiger partial charge in [0.25, 0.3) is 0 Å². The van der Waals surface area contributed by atoms with E-state index in [1.54, 1.807) is 4.90 Å². The summed E-state index contributed by atoms with van der Waals surface area (Å²) in [7, 11) is 0. The number of benzene rings is 1. The molecular weight excluding hydrogens is 314 g/mol. The Morgan fingerprint density at radius 2 is 1.83 bits per heavy atom. The Morgan fingerprint density at radius 3 is 2.43 bits per heavy atom. The minimum absolute atomic E-state index is 0. The Balaban J connectivity index is 0.00000484. The Morgan fingerprint density at radius 1 is 1.13 bits per heavy atom. The number of carbonyl (C=O) groups excluding carboxylic acids is 2. The highest BCUT2D eigenvalue weighted by molar-refractivity contribution is 5.85. The molecule has 2 amide bonds. The molecule has 1 rings (SSSR count). The van der Waals surface area contributed by atoms with Crippen LogP contribution in [0.3, 0.4) is 0 Å². The first-order valence-corrected chi connectivity index (χ1v) is 7.95. The van der Waals surface area contributed by atoms with Gasteiger partial charge in [0.2, 0.25) is 11.8 Å². The molecule has 0 heterocycles. The van der Waals surface area contributed by atoms with Gasteiger partial charge in [-0.1, -0.05) is 37.3 Å². The van der Waals surface area contributed by atoms with Crippen LogP contribution in [-0.2, 0) is 16.0 Å².